The van der Waals surface area contributed by atoms with Crippen molar-refractivity contribution in [3.63, 3.8) is 0 Å². The summed E-state index contributed by atoms with van der Waals surface area (Å²) in [6.45, 7) is 5.73. The number of rotatable bonds is 3. The van der Waals surface area contributed by atoms with E-state index < -0.39 is 23.0 Å². The summed E-state index contributed by atoms with van der Waals surface area (Å²) in [4.78, 5) is 12.5. The van der Waals surface area contributed by atoms with Gasteiger partial charge in [-0.25, -0.2) is 0 Å². The molecule has 0 aliphatic carbocycles. The SMILES string of the molecule is CC1(P(=O)(C2(C)C=N2)C2(C)C=N2)C=N1. The molecule has 0 spiro atoms. The number of nitrogens with zero attached hydrogens (tertiary/aromatic N) is 3. The van der Waals surface area contributed by atoms with Crippen LogP contribution in [0.2, 0.25) is 0 Å². The van der Waals surface area contributed by atoms with E-state index in [0.29, 0.717) is 0 Å². The van der Waals surface area contributed by atoms with Gasteiger partial charge in [-0.15, -0.1) is 0 Å². The minimum absolute atomic E-state index is 0.497. The lowest BCUT2D eigenvalue weighted by atomic mass is 10.5. The van der Waals surface area contributed by atoms with Gasteiger partial charge in [-0.05, 0) is 20.8 Å². The fourth-order valence-electron chi connectivity index (χ4n) is 2.14. The van der Waals surface area contributed by atoms with Crippen molar-refractivity contribution < 1.29 is 4.57 Å². The number of aliphatic imine (C=N–C) groups is 3. The standard InChI is InChI=1S/C9H12N3OP/c1-7(4-10-7)14(13,8(2)5-11-8)9(3)6-12-9/h4-6H,1-3H3. The molecule has 74 valence electrons. The zero-order chi connectivity index (χ0) is 10.2. The van der Waals surface area contributed by atoms with Crippen molar-refractivity contribution in [3.05, 3.63) is 0 Å². The third-order valence-corrected chi connectivity index (χ3v) is 7.94. The van der Waals surface area contributed by atoms with Gasteiger partial charge in [0, 0.05) is 18.6 Å². The molecule has 0 aromatic heterocycles. The predicted molar refractivity (Wildman–Crippen MR) is 58.3 cm³/mol. The molecule has 0 fully saturated rings. The summed E-state index contributed by atoms with van der Waals surface area (Å²) in [6, 6.07) is 0. The van der Waals surface area contributed by atoms with Crippen LogP contribution in [0.5, 0.6) is 0 Å². The fourth-order valence-corrected chi connectivity index (χ4v) is 6.04. The van der Waals surface area contributed by atoms with E-state index in [2.05, 4.69) is 15.0 Å². The first kappa shape index (κ1) is 8.54. The van der Waals surface area contributed by atoms with E-state index >= 15 is 0 Å². The maximum Gasteiger partial charge on any atom is 0.181 e. The summed E-state index contributed by atoms with van der Waals surface area (Å²) in [7, 11) is -2.60. The normalized spacial score (nSPS) is 55.6. The first-order valence-corrected chi connectivity index (χ1v) is 6.37. The van der Waals surface area contributed by atoms with Crippen molar-refractivity contribution in [2.75, 3.05) is 0 Å². The Morgan fingerprint density at radius 2 is 1.07 bits per heavy atom. The average Bonchev–Trinajstić information content (AvgIpc) is 2.91. The Kier molecular flexibility index (Phi) is 1.10. The van der Waals surface area contributed by atoms with Gasteiger partial charge >= 0.3 is 0 Å². The minimum Gasteiger partial charge on any atom is -0.315 e. The van der Waals surface area contributed by atoms with E-state index in [1.54, 1.807) is 18.6 Å². The lowest BCUT2D eigenvalue weighted by Crippen LogP contribution is -2.31. The molecule has 0 saturated carbocycles. The third kappa shape index (κ3) is 0.693. The molecular formula is C9H12N3OP. The first-order valence-electron chi connectivity index (χ1n) is 4.66. The van der Waals surface area contributed by atoms with E-state index in [4.69, 9.17) is 0 Å². The largest absolute Gasteiger partial charge is 0.315 e. The van der Waals surface area contributed by atoms with Crippen molar-refractivity contribution >= 4 is 25.8 Å². The maximum atomic E-state index is 13.1. The highest BCUT2D eigenvalue weighted by atomic mass is 31.2. The molecule has 0 aromatic carbocycles. The van der Waals surface area contributed by atoms with Gasteiger partial charge in [0.2, 0.25) is 0 Å². The van der Waals surface area contributed by atoms with Gasteiger partial charge in [-0.1, -0.05) is 0 Å². The zero-order valence-corrected chi connectivity index (χ0v) is 9.32. The topological polar surface area (TPSA) is 54.1 Å². The van der Waals surface area contributed by atoms with Crippen LogP contribution in [0.4, 0.5) is 0 Å². The Hall–Kier alpha value is -0.760. The molecular weight excluding hydrogens is 197 g/mol. The van der Waals surface area contributed by atoms with Crippen LogP contribution in [0.3, 0.4) is 0 Å². The maximum absolute atomic E-state index is 13.1. The Labute approximate surface area is 82.6 Å². The molecule has 14 heavy (non-hydrogen) atoms. The van der Waals surface area contributed by atoms with Crippen LogP contribution in [0.1, 0.15) is 20.8 Å². The second kappa shape index (κ2) is 1.81. The fraction of sp³-hybridized carbons (Fsp3) is 0.667. The van der Waals surface area contributed by atoms with Gasteiger partial charge in [0.05, 0.1) is 0 Å². The molecule has 3 heterocycles. The van der Waals surface area contributed by atoms with Crippen LogP contribution in [-0.2, 0) is 4.57 Å². The zero-order valence-electron chi connectivity index (χ0n) is 8.43. The van der Waals surface area contributed by atoms with Crippen LogP contribution in [0.25, 0.3) is 0 Å². The Morgan fingerprint density at radius 1 is 0.857 bits per heavy atom. The monoisotopic (exact) mass is 209 g/mol. The highest BCUT2D eigenvalue weighted by Crippen LogP contribution is 2.81. The molecule has 0 radical (unpaired) electrons. The second-order valence-electron chi connectivity index (χ2n) is 4.67. The van der Waals surface area contributed by atoms with Gasteiger partial charge < -0.3 is 4.57 Å². The van der Waals surface area contributed by atoms with Gasteiger partial charge in [-0.3, -0.25) is 15.0 Å². The van der Waals surface area contributed by atoms with E-state index in [-0.39, 0.29) is 0 Å². The van der Waals surface area contributed by atoms with Crippen molar-refractivity contribution in [2.45, 2.75) is 36.6 Å². The van der Waals surface area contributed by atoms with Gasteiger partial charge in [0.15, 0.2) is 7.14 Å². The molecule has 3 aliphatic rings. The number of hydrogen-bond acceptors (Lipinski definition) is 4. The molecule has 3 unspecified atom stereocenters. The summed E-state index contributed by atoms with van der Waals surface area (Å²) in [5.74, 6) is 0. The van der Waals surface area contributed by atoms with Gasteiger partial charge in [-0.2, -0.15) is 0 Å². The van der Waals surface area contributed by atoms with Crippen molar-refractivity contribution in [1.82, 2.24) is 0 Å². The van der Waals surface area contributed by atoms with Crippen molar-refractivity contribution in [2.24, 2.45) is 15.0 Å². The van der Waals surface area contributed by atoms with Gasteiger partial charge in [0.1, 0.15) is 15.8 Å². The molecule has 0 saturated heterocycles. The molecule has 0 aromatic rings. The quantitative estimate of drug-likeness (QED) is 0.653. The van der Waals surface area contributed by atoms with Crippen LogP contribution < -0.4 is 0 Å². The van der Waals surface area contributed by atoms with E-state index in [0.717, 1.165) is 0 Å². The van der Waals surface area contributed by atoms with Crippen molar-refractivity contribution in [1.29, 1.82) is 0 Å². The summed E-state index contributed by atoms with van der Waals surface area (Å²) >= 11 is 0. The summed E-state index contributed by atoms with van der Waals surface area (Å²) in [5, 5.41) is -1.49. The number of hydrogen-bond donors (Lipinski definition) is 0. The van der Waals surface area contributed by atoms with E-state index in [9.17, 15) is 4.57 Å². The molecule has 0 amide bonds. The molecule has 0 N–H and O–H groups in total. The predicted octanol–water partition coefficient (Wildman–Crippen LogP) is 1.75. The third-order valence-electron chi connectivity index (χ3n) is 3.42. The van der Waals surface area contributed by atoms with Gasteiger partial charge in [0.25, 0.3) is 0 Å². The van der Waals surface area contributed by atoms with Crippen LogP contribution in [0, 0.1) is 0 Å². The van der Waals surface area contributed by atoms with Crippen molar-refractivity contribution in [3.8, 4) is 0 Å². The Bertz CT molecular complexity index is 378. The van der Waals surface area contributed by atoms with Crippen LogP contribution in [-0.4, -0.2) is 34.5 Å². The molecule has 3 aliphatic heterocycles. The Balaban J connectivity index is 2.08. The van der Waals surface area contributed by atoms with E-state index in [1.165, 1.54) is 0 Å². The first-order chi connectivity index (χ1) is 6.37. The summed E-state index contributed by atoms with van der Waals surface area (Å²) < 4.78 is 13.1. The van der Waals surface area contributed by atoms with Crippen LogP contribution in [0.15, 0.2) is 15.0 Å². The lowest BCUT2D eigenvalue weighted by Gasteiger charge is -2.31. The summed E-state index contributed by atoms with van der Waals surface area (Å²) in [5.41, 5.74) is 0. The molecule has 4 nitrogen and oxygen atoms in total. The Morgan fingerprint density at radius 3 is 1.21 bits per heavy atom. The smallest absolute Gasteiger partial charge is 0.181 e. The van der Waals surface area contributed by atoms with Crippen LogP contribution >= 0.6 is 7.14 Å². The lowest BCUT2D eigenvalue weighted by molar-refractivity contribution is 0.545. The molecule has 3 atom stereocenters. The highest BCUT2D eigenvalue weighted by Gasteiger charge is 2.73. The molecule has 5 heteroatoms. The minimum atomic E-state index is -2.60. The second-order valence-corrected chi connectivity index (χ2v) is 8.60. The molecule has 3 rings (SSSR count). The highest BCUT2D eigenvalue weighted by molar-refractivity contribution is 7.72. The molecule has 0 bridgehead atoms. The average molecular weight is 209 g/mol. The summed E-state index contributed by atoms with van der Waals surface area (Å²) in [6.07, 6.45) is 5.31. The van der Waals surface area contributed by atoms with E-state index in [1.807, 2.05) is 20.8 Å².